The topological polar surface area (TPSA) is 34.1 Å². The summed E-state index contributed by atoms with van der Waals surface area (Å²) < 4.78 is 29.0. The number of alkyl halides is 2. The number of nitrogens with one attached hydrogen (secondary N) is 1. The molecular weight excluding hydrogens is 270 g/mol. The first kappa shape index (κ1) is 13.9. The fourth-order valence-corrected chi connectivity index (χ4v) is 2.31. The zero-order chi connectivity index (χ0) is 13.7. The largest absolute Gasteiger partial charge is 0.434 e. The van der Waals surface area contributed by atoms with E-state index in [9.17, 15) is 8.78 Å². The third-order valence-electron chi connectivity index (χ3n) is 2.68. The summed E-state index contributed by atoms with van der Waals surface area (Å²) in [5.74, 6) is 0.204. The minimum Gasteiger partial charge on any atom is -0.434 e. The molecule has 3 nitrogen and oxygen atoms in total. The molecule has 6 heteroatoms. The van der Waals surface area contributed by atoms with E-state index in [4.69, 9.17) is 0 Å². The molecule has 0 aliphatic heterocycles. The predicted molar refractivity (Wildman–Crippen MR) is 70.4 cm³/mol. The third kappa shape index (κ3) is 3.97. The van der Waals surface area contributed by atoms with Gasteiger partial charge in [0.05, 0.1) is 11.2 Å². The highest BCUT2D eigenvalue weighted by molar-refractivity contribution is 7.07. The van der Waals surface area contributed by atoms with Gasteiger partial charge in [0.2, 0.25) is 0 Å². The summed E-state index contributed by atoms with van der Waals surface area (Å²) in [5.41, 5.74) is 3.41. The molecule has 0 bridgehead atoms. The van der Waals surface area contributed by atoms with Crippen molar-refractivity contribution >= 4 is 11.3 Å². The molecule has 0 saturated carbocycles. The highest BCUT2D eigenvalue weighted by atomic mass is 32.1. The van der Waals surface area contributed by atoms with Crippen LogP contribution in [-0.2, 0) is 6.54 Å². The quantitative estimate of drug-likeness (QED) is 0.880. The van der Waals surface area contributed by atoms with Crippen LogP contribution in [0, 0.1) is 0 Å². The fraction of sp³-hybridized carbons (Fsp3) is 0.308. The van der Waals surface area contributed by atoms with Gasteiger partial charge in [0, 0.05) is 23.5 Å². The molecule has 1 N–H and O–H groups in total. The molecule has 1 atom stereocenters. The van der Waals surface area contributed by atoms with E-state index in [1.54, 1.807) is 23.7 Å². The Bertz CT molecular complexity index is 505. The summed E-state index contributed by atoms with van der Waals surface area (Å²) in [7, 11) is 0. The van der Waals surface area contributed by atoms with Crippen molar-refractivity contribution in [2.45, 2.75) is 26.1 Å². The number of thiazole rings is 1. The summed E-state index contributed by atoms with van der Waals surface area (Å²) in [5, 5.41) is 5.19. The van der Waals surface area contributed by atoms with Crippen LogP contribution >= 0.6 is 11.3 Å². The zero-order valence-corrected chi connectivity index (χ0v) is 11.2. The second-order valence-electron chi connectivity index (χ2n) is 4.00. The molecule has 0 aliphatic carbocycles. The van der Waals surface area contributed by atoms with E-state index in [1.807, 2.05) is 12.3 Å². The van der Waals surface area contributed by atoms with Gasteiger partial charge >= 0.3 is 6.61 Å². The number of hydrogen-bond acceptors (Lipinski definition) is 4. The van der Waals surface area contributed by atoms with Crippen LogP contribution < -0.4 is 10.1 Å². The Labute approximate surface area is 114 Å². The van der Waals surface area contributed by atoms with E-state index in [2.05, 4.69) is 15.0 Å². The molecular formula is C13H14F2N2OS. The van der Waals surface area contributed by atoms with E-state index in [0.29, 0.717) is 12.1 Å². The predicted octanol–water partition coefficient (Wildman–Crippen LogP) is 3.60. The van der Waals surface area contributed by atoms with Gasteiger partial charge in [-0.15, -0.1) is 11.3 Å². The van der Waals surface area contributed by atoms with Crippen LogP contribution in [0.15, 0.2) is 35.2 Å². The molecule has 2 rings (SSSR count). The number of benzene rings is 1. The number of nitrogens with zero attached hydrogens (tertiary/aromatic N) is 1. The first-order chi connectivity index (χ1) is 9.16. The molecule has 102 valence electrons. The Morgan fingerprint density at radius 2 is 2.16 bits per heavy atom. The maximum absolute atomic E-state index is 12.3. The van der Waals surface area contributed by atoms with Crippen molar-refractivity contribution in [2.24, 2.45) is 0 Å². The molecule has 0 aliphatic rings. The van der Waals surface area contributed by atoms with E-state index >= 15 is 0 Å². The van der Waals surface area contributed by atoms with Crippen LogP contribution in [0.4, 0.5) is 8.78 Å². The minimum absolute atomic E-state index is 0.0610. The summed E-state index contributed by atoms with van der Waals surface area (Å²) in [6.45, 7) is -0.384. The first-order valence-electron chi connectivity index (χ1n) is 5.81. The van der Waals surface area contributed by atoms with E-state index < -0.39 is 6.61 Å². The number of para-hydroxylation sites is 1. The SMILES string of the molecule is CC(NCc1ccccc1OC(F)F)c1cscn1. The van der Waals surface area contributed by atoms with Crippen LogP contribution in [0.5, 0.6) is 5.75 Å². The lowest BCUT2D eigenvalue weighted by molar-refractivity contribution is -0.0505. The molecule has 19 heavy (non-hydrogen) atoms. The molecule has 1 heterocycles. The highest BCUT2D eigenvalue weighted by Crippen LogP contribution is 2.21. The molecule has 0 spiro atoms. The van der Waals surface area contributed by atoms with Gasteiger partial charge < -0.3 is 10.1 Å². The Balaban J connectivity index is 1.99. The molecule has 1 aromatic carbocycles. The maximum Gasteiger partial charge on any atom is 0.387 e. The number of rotatable bonds is 6. The normalized spacial score (nSPS) is 12.6. The van der Waals surface area contributed by atoms with E-state index in [0.717, 1.165) is 5.69 Å². The molecule has 0 fully saturated rings. The van der Waals surface area contributed by atoms with Crippen LogP contribution in [-0.4, -0.2) is 11.6 Å². The van der Waals surface area contributed by atoms with Crippen LogP contribution in [0.1, 0.15) is 24.2 Å². The van der Waals surface area contributed by atoms with Crippen LogP contribution in [0.2, 0.25) is 0 Å². The lowest BCUT2D eigenvalue weighted by Gasteiger charge is -2.14. The average molecular weight is 284 g/mol. The Hall–Kier alpha value is -1.53. The summed E-state index contributed by atoms with van der Waals surface area (Å²) in [6, 6.07) is 6.83. The minimum atomic E-state index is -2.81. The standard InChI is InChI=1S/C13H14F2N2OS/c1-9(11-7-19-8-17-11)16-6-10-4-2-3-5-12(10)18-13(14)15/h2-5,7-9,13,16H,6H2,1H3. The number of aromatic nitrogens is 1. The van der Waals surface area contributed by atoms with Crippen molar-refractivity contribution in [3.05, 3.63) is 46.4 Å². The number of ether oxygens (including phenoxy) is 1. The Morgan fingerprint density at radius 1 is 1.37 bits per heavy atom. The van der Waals surface area contributed by atoms with Gasteiger partial charge in [-0.05, 0) is 13.0 Å². The summed E-state index contributed by atoms with van der Waals surface area (Å²) in [4.78, 5) is 4.20. The molecule has 0 radical (unpaired) electrons. The average Bonchev–Trinajstić information content (AvgIpc) is 2.90. The zero-order valence-electron chi connectivity index (χ0n) is 10.3. The lowest BCUT2D eigenvalue weighted by atomic mass is 10.2. The molecule has 1 aromatic heterocycles. The van der Waals surface area contributed by atoms with Gasteiger partial charge in [-0.1, -0.05) is 18.2 Å². The second-order valence-corrected chi connectivity index (χ2v) is 4.72. The fourth-order valence-electron chi connectivity index (χ4n) is 1.66. The van der Waals surface area contributed by atoms with Gasteiger partial charge in [-0.25, -0.2) is 4.98 Å². The van der Waals surface area contributed by atoms with E-state index in [1.165, 1.54) is 17.4 Å². The highest BCUT2D eigenvalue weighted by Gasteiger charge is 2.11. The third-order valence-corrected chi connectivity index (χ3v) is 3.29. The van der Waals surface area contributed by atoms with Crippen molar-refractivity contribution in [3.8, 4) is 5.75 Å². The van der Waals surface area contributed by atoms with Crippen molar-refractivity contribution in [2.75, 3.05) is 0 Å². The maximum atomic E-state index is 12.3. The summed E-state index contributed by atoms with van der Waals surface area (Å²) in [6.07, 6.45) is 0. The molecule has 0 amide bonds. The van der Waals surface area contributed by atoms with Gasteiger partial charge in [0.15, 0.2) is 0 Å². The van der Waals surface area contributed by atoms with Crippen molar-refractivity contribution in [3.63, 3.8) is 0 Å². The monoisotopic (exact) mass is 284 g/mol. The van der Waals surface area contributed by atoms with Crippen LogP contribution in [0.25, 0.3) is 0 Å². The second kappa shape index (κ2) is 6.58. The molecule has 2 aromatic rings. The van der Waals surface area contributed by atoms with Crippen LogP contribution in [0.3, 0.4) is 0 Å². The van der Waals surface area contributed by atoms with Gasteiger partial charge in [0.1, 0.15) is 5.75 Å². The Morgan fingerprint density at radius 3 is 2.84 bits per heavy atom. The van der Waals surface area contributed by atoms with Crippen molar-refractivity contribution < 1.29 is 13.5 Å². The molecule has 0 saturated heterocycles. The smallest absolute Gasteiger partial charge is 0.387 e. The van der Waals surface area contributed by atoms with E-state index in [-0.39, 0.29) is 11.8 Å². The van der Waals surface area contributed by atoms with Gasteiger partial charge in [-0.2, -0.15) is 8.78 Å². The van der Waals surface area contributed by atoms with Crippen molar-refractivity contribution in [1.82, 2.24) is 10.3 Å². The van der Waals surface area contributed by atoms with Gasteiger partial charge in [0.25, 0.3) is 0 Å². The molecule has 1 unspecified atom stereocenters. The Kier molecular flexibility index (Phi) is 4.81. The lowest BCUT2D eigenvalue weighted by Crippen LogP contribution is -2.19. The first-order valence-corrected chi connectivity index (χ1v) is 6.75. The van der Waals surface area contributed by atoms with Crippen molar-refractivity contribution in [1.29, 1.82) is 0 Å². The van der Waals surface area contributed by atoms with Gasteiger partial charge in [-0.3, -0.25) is 0 Å². The number of halogens is 2. The number of hydrogen-bond donors (Lipinski definition) is 1. The summed E-state index contributed by atoms with van der Waals surface area (Å²) >= 11 is 1.53.